The monoisotopic (exact) mass is 271 g/mol. The number of nitrogens with zero attached hydrogens (tertiary/aromatic N) is 2. The van der Waals surface area contributed by atoms with Crippen molar-refractivity contribution in [1.29, 1.82) is 0 Å². The van der Waals surface area contributed by atoms with Crippen LogP contribution >= 0.6 is 0 Å². The zero-order chi connectivity index (χ0) is 13.9. The lowest BCUT2D eigenvalue weighted by molar-refractivity contribution is 0.163. The standard InChI is InChI=1S/C16H21N3O/c1-12(11-20-2)19-8-7-17-16(19)18-10-14-9-13-5-3-4-6-15(13)14/h3-8,12,14H,9-11H2,1-2H3,(H,17,18). The molecular formula is C16H21N3O. The Labute approximate surface area is 119 Å². The molecule has 1 N–H and O–H groups in total. The SMILES string of the molecule is COCC(C)n1ccnc1NCC1Cc2ccccc21. The average molecular weight is 271 g/mol. The summed E-state index contributed by atoms with van der Waals surface area (Å²) in [7, 11) is 1.73. The molecule has 3 rings (SSSR count). The van der Waals surface area contributed by atoms with Gasteiger partial charge in [0.15, 0.2) is 0 Å². The molecule has 0 spiro atoms. The molecule has 0 amide bonds. The first-order chi connectivity index (χ1) is 9.79. The highest BCUT2D eigenvalue weighted by molar-refractivity contribution is 5.42. The molecule has 0 fully saturated rings. The lowest BCUT2D eigenvalue weighted by Gasteiger charge is -2.30. The number of ether oxygens (including phenoxy) is 1. The Morgan fingerprint density at radius 3 is 3.10 bits per heavy atom. The first kappa shape index (κ1) is 13.2. The zero-order valence-electron chi connectivity index (χ0n) is 12.0. The summed E-state index contributed by atoms with van der Waals surface area (Å²) in [5, 5.41) is 3.47. The molecule has 0 saturated heterocycles. The van der Waals surface area contributed by atoms with Gasteiger partial charge in [-0.25, -0.2) is 4.98 Å². The van der Waals surface area contributed by atoms with Crippen LogP contribution in [0.5, 0.6) is 0 Å². The van der Waals surface area contributed by atoms with Crippen molar-refractivity contribution in [1.82, 2.24) is 9.55 Å². The number of fused-ring (bicyclic) bond motifs is 1. The number of imidazole rings is 1. The van der Waals surface area contributed by atoms with Crippen LogP contribution in [0.3, 0.4) is 0 Å². The maximum Gasteiger partial charge on any atom is 0.203 e. The summed E-state index contributed by atoms with van der Waals surface area (Å²) in [6.07, 6.45) is 5.00. The number of aromatic nitrogens is 2. The predicted octanol–water partition coefficient (Wildman–Crippen LogP) is 2.84. The minimum atomic E-state index is 0.290. The molecule has 1 aromatic heterocycles. The molecule has 4 heteroatoms. The van der Waals surface area contributed by atoms with Gasteiger partial charge < -0.3 is 14.6 Å². The average Bonchev–Trinajstić information content (AvgIpc) is 2.88. The Balaban J connectivity index is 1.62. The minimum absolute atomic E-state index is 0.290. The molecule has 1 aromatic carbocycles. The number of nitrogens with one attached hydrogen (secondary N) is 1. The van der Waals surface area contributed by atoms with E-state index in [4.69, 9.17) is 4.74 Å². The molecule has 0 radical (unpaired) electrons. The molecular weight excluding hydrogens is 250 g/mol. The summed E-state index contributed by atoms with van der Waals surface area (Å²) < 4.78 is 7.34. The van der Waals surface area contributed by atoms with Gasteiger partial charge in [0, 0.05) is 32.0 Å². The summed E-state index contributed by atoms with van der Waals surface area (Å²) in [5.74, 6) is 1.54. The van der Waals surface area contributed by atoms with E-state index < -0.39 is 0 Å². The number of anilines is 1. The van der Waals surface area contributed by atoms with E-state index >= 15 is 0 Å². The number of benzene rings is 1. The highest BCUT2D eigenvalue weighted by Crippen LogP contribution is 2.34. The summed E-state index contributed by atoms with van der Waals surface area (Å²) in [6, 6.07) is 8.96. The van der Waals surface area contributed by atoms with Crippen molar-refractivity contribution in [3.8, 4) is 0 Å². The van der Waals surface area contributed by atoms with Gasteiger partial charge in [-0.3, -0.25) is 0 Å². The van der Waals surface area contributed by atoms with Crippen molar-refractivity contribution in [2.75, 3.05) is 25.6 Å². The van der Waals surface area contributed by atoms with Gasteiger partial charge in [0.05, 0.1) is 12.6 Å². The Hall–Kier alpha value is -1.81. The normalized spacial score (nSPS) is 18.2. The van der Waals surface area contributed by atoms with Gasteiger partial charge in [-0.2, -0.15) is 0 Å². The van der Waals surface area contributed by atoms with Crippen LogP contribution in [0.4, 0.5) is 5.95 Å². The Kier molecular flexibility index (Phi) is 3.74. The van der Waals surface area contributed by atoms with Gasteiger partial charge in [-0.15, -0.1) is 0 Å². The Morgan fingerprint density at radius 2 is 2.30 bits per heavy atom. The fourth-order valence-corrected chi connectivity index (χ4v) is 2.89. The molecule has 4 nitrogen and oxygen atoms in total. The molecule has 2 atom stereocenters. The molecule has 20 heavy (non-hydrogen) atoms. The highest BCUT2D eigenvalue weighted by Gasteiger charge is 2.25. The van der Waals surface area contributed by atoms with Crippen LogP contribution in [0.2, 0.25) is 0 Å². The first-order valence-electron chi connectivity index (χ1n) is 7.13. The van der Waals surface area contributed by atoms with Crippen LogP contribution in [-0.4, -0.2) is 29.8 Å². The summed E-state index contributed by atoms with van der Waals surface area (Å²) in [6.45, 7) is 3.76. The molecule has 106 valence electrons. The third-order valence-corrected chi connectivity index (χ3v) is 4.02. The van der Waals surface area contributed by atoms with E-state index in [2.05, 4.69) is 46.1 Å². The maximum atomic E-state index is 5.21. The second-order valence-electron chi connectivity index (χ2n) is 5.44. The van der Waals surface area contributed by atoms with E-state index in [1.165, 1.54) is 11.1 Å². The van der Waals surface area contributed by atoms with E-state index in [0.29, 0.717) is 18.6 Å². The van der Waals surface area contributed by atoms with Crippen molar-refractivity contribution in [3.05, 3.63) is 47.8 Å². The maximum absolute atomic E-state index is 5.21. The largest absolute Gasteiger partial charge is 0.383 e. The zero-order valence-corrected chi connectivity index (χ0v) is 12.0. The molecule has 0 saturated carbocycles. The molecule has 0 aliphatic heterocycles. The van der Waals surface area contributed by atoms with Gasteiger partial charge in [-0.1, -0.05) is 24.3 Å². The van der Waals surface area contributed by atoms with E-state index in [-0.39, 0.29) is 0 Å². The van der Waals surface area contributed by atoms with E-state index in [9.17, 15) is 0 Å². The summed E-state index contributed by atoms with van der Waals surface area (Å²) >= 11 is 0. The topological polar surface area (TPSA) is 39.1 Å². The molecule has 2 unspecified atom stereocenters. The molecule has 1 heterocycles. The van der Waals surface area contributed by atoms with Gasteiger partial charge in [0.25, 0.3) is 0 Å². The quantitative estimate of drug-likeness (QED) is 0.878. The third-order valence-electron chi connectivity index (χ3n) is 4.02. The van der Waals surface area contributed by atoms with E-state index in [1.54, 1.807) is 7.11 Å². The summed E-state index contributed by atoms with van der Waals surface area (Å²) in [5.41, 5.74) is 2.96. The fourth-order valence-electron chi connectivity index (χ4n) is 2.89. The van der Waals surface area contributed by atoms with Crippen LogP contribution in [0.15, 0.2) is 36.7 Å². The van der Waals surface area contributed by atoms with Gasteiger partial charge in [0.1, 0.15) is 0 Å². The first-order valence-corrected chi connectivity index (χ1v) is 7.13. The minimum Gasteiger partial charge on any atom is -0.383 e. The molecule has 2 aromatic rings. The number of methoxy groups -OCH3 is 1. The molecule has 1 aliphatic rings. The van der Waals surface area contributed by atoms with Crippen molar-refractivity contribution in [3.63, 3.8) is 0 Å². The number of rotatable bonds is 6. The van der Waals surface area contributed by atoms with Gasteiger partial charge in [0.2, 0.25) is 5.95 Å². The number of hydrogen-bond donors (Lipinski definition) is 1. The Bertz CT molecular complexity index is 579. The second kappa shape index (κ2) is 5.67. The predicted molar refractivity (Wildman–Crippen MR) is 80.2 cm³/mol. The van der Waals surface area contributed by atoms with Crippen LogP contribution in [0.1, 0.15) is 30.0 Å². The van der Waals surface area contributed by atoms with Gasteiger partial charge >= 0.3 is 0 Å². The van der Waals surface area contributed by atoms with Crippen molar-refractivity contribution in [2.45, 2.75) is 25.3 Å². The molecule has 0 bridgehead atoms. The van der Waals surface area contributed by atoms with Crippen LogP contribution in [0, 0.1) is 0 Å². The number of hydrogen-bond acceptors (Lipinski definition) is 3. The Morgan fingerprint density at radius 1 is 1.45 bits per heavy atom. The van der Waals surface area contributed by atoms with E-state index in [0.717, 1.165) is 18.9 Å². The smallest absolute Gasteiger partial charge is 0.203 e. The molecule has 1 aliphatic carbocycles. The highest BCUT2D eigenvalue weighted by atomic mass is 16.5. The second-order valence-corrected chi connectivity index (χ2v) is 5.44. The summed E-state index contributed by atoms with van der Waals surface area (Å²) in [4.78, 5) is 4.40. The van der Waals surface area contributed by atoms with Gasteiger partial charge in [-0.05, 0) is 24.5 Å². The van der Waals surface area contributed by atoms with Crippen molar-refractivity contribution >= 4 is 5.95 Å². The van der Waals surface area contributed by atoms with Crippen LogP contribution in [-0.2, 0) is 11.2 Å². The van der Waals surface area contributed by atoms with Crippen LogP contribution in [0.25, 0.3) is 0 Å². The lowest BCUT2D eigenvalue weighted by atomic mass is 9.78. The van der Waals surface area contributed by atoms with Crippen molar-refractivity contribution in [2.24, 2.45) is 0 Å². The lowest BCUT2D eigenvalue weighted by Crippen LogP contribution is -2.25. The third kappa shape index (κ3) is 2.43. The van der Waals surface area contributed by atoms with Crippen molar-refractivity contribution < 1.29 is 4.74 Å². The van der Waals surface area contributed by atoms with Crippen LogP contribution < -0.4 is 5.32 Å². The van der Waals surface area contributed by atoms with E-state index in [1.807, 2.05) is 12.4 Å². The fraction of sp³-hybridized carbons (Fsp3) is 0.438.